The smallest absolute Gasteiger partial charge is 0.0409 e. The van der Waals surface area contributed by atoms with Gasteiger partial charge in [0.2, 0.25) is 0 Å². The van der Waals surface area contributed by atoms with Gasteiger partial charge in [-0.15, -0.1) is 0 Å². The molecule has 1 fully saturated rings. The molecular formula is C14H21ClN2. The highest BCUT2D eigenvalue weighted by Gasteiger charge is 2.21. The molecule has 94 valence electrons. The minimum atomic E-state index is 0.689. The van der Waals surface area contributed by atoms with Crippen molar-refractivity contribution >= 4 is 11.6 Å². The molecule has 2 nitrogen and oxygen atoms in total. The van der Waals surface area contributed by atoms with Crippen LogP contribution >= 0.6 is 11.6 Å². The molecule has 1 aliphatic rings. The van der Waals surface area contributed by atoms with E-state index in [0.717, 1.165) is 24.7 Å². The van der Waals surface area contributed by atoms with Crippen LogP contribution in [0.15, 0.2) is 24.3 Å². The number of halogens is 1. The van der Waals surface area contributed by atoms with E-state index >= 15 is 0 Å². The molecule has 0 bridgehead atoms. The van der Waals surface area contributed by atoms with E-state index < -0.39 is 0 Å². The summed E-state index contributed by atoms with van der Waals surface area (Å²) in [5.74, 6) is 0. The third-order valence-electron chi connectivity index (χ3n) is 3.34. The topological polar surface area (TPSA) is 15.3 Å². The van der Waals surface area contributed by atoms with Gasteiger partial charge in [-0.25, -0.2) is 0 Å². The highest BCUT2D eigenvalue weighted by Crippen LogP contribution is 2.16. The maximum Gasteiger partial charge on any atom is 0.0409 e. The standard InChI is InChI=1S/C14H21ClN2/c1-2-8-17(14-6-7-16-10-14)11-12-4-3-5-13(15)9-12/h3-5,9,14,16H,2,6-8,10-11H2,1H3. The molecule has 3 heteroatoms. The summed E-state index contributed by atoms with van der Waals surface area (Å²) in [6, 6.07) is 8.90. The Morgan fingerprint density at radius 3 is 3.00 bits per heavy atom. The highest BCUT2D eigenvalue weighted by molar-refractivity contribution is 6.30. The molecule has 0 spiro atoms. The average Bonchev–Trinajstić information content (AvgIpc) is 2.82. The first kappa shape index (κ1) is 12.9. The van der Waals surface area contributed by atoms with Crippen molar-refractivity contribution in [1.82, 2.24) is 10.2 Å². The van der Waals surface area contributed by atoms with Crippen LogP contribution in [-0.2, 0) is 6.54 Å². The van der Waals surface area contributed by atoms with Crippen molar-refractivity contribution in [3.05, 3.63) is 34.9 Å². The molecule has 0 aliphatic carbocycles. The third-order valence-corrected chi connectivity index (χ3v) is 3.57. The minimum Gasteiger partial charge on any atom is -0.315 e. The summed E-state index contributed by atoms with van der Waals surface area (Å²) in [5.41, 5.74) is 1.32. The summed E-state index contributed by atoms with van der Waals surface area (Å²) < 4.78 is 0. The monoisotopic (exact) mass is 252 g/mol. The van der Waals surface area contributed by atoms with E-state index in [1.165, 1.54) is 24.9 Å². The minimum absolute atomic E-state index is 0.689. The van der Waals surface area contributed by atoms with Crippen molar-refractivity contribution in [3.63, 3.8) is 0 Å². The normalized spacial score (nSPS) is 20.1. The predicted octanol–water partition coefficient (Wildman–Crippen LogP) is 2.91. The number of nitrogens with one attached hydrogen (secondary N) is 1. The largest absolute Gasteiger partial charge is 0.315 e. The molecule has 1 aliphatic heterocycles. The molecular weight excluding hydrogens is 232 g/mol. The third kappa shape index (κ3) is 3.70. The van der Waals surface area contributed by atoms with Gasteiger partial charge in [0.1, 0.15) is 0 Å². The lowest BCUT2D eigenvalue weighted by atomic mass is 10.1. The van der Waals surface area contributed by atoms with E-state index in [2.05, 4.69) is 29.3 Å². The lowest BCUT2D eigenvalue weighted by Gasteiger charge is -2.28. The Kier molecular flexibility index (Phi) is 4.84. The summed E-state index contributed by atoms with van der Waals surface area (Å²) in [7, 11) is 0. The Morgan fingerprint density at radius 1 is 1.47 bits per heavy atom. The maximum atomic E-state index is 6.03. The fourth-order valence-electron chi connectivity index (χ4n) is 2.50. The predicted molar refractivity (Wildman–Crippen MR) is 73.4 cm³/mol. The molecule has 2 rings (SSSR count). The molecule has 0 amide bonds. The van der Waals surface area contributed by atoms with Gasteiger partial charge in [-0.1, -0.05) is 30.7 Å². The van der Waals surface area contributed by atoms with Gasteiger partial charge in [-0.3, -0.25) is 4.90 Å². The fraction of sp³-hybridized carbons (Fsp3) is 0.571. The quantitative estimate of drug-likeness (QED) is 0.867. The van der Waals surface area contributed by atoms with Crippen molar-refractivity contribution in [1.29, 1.82) is 0 Å². The van der Waals surface area contributed by atoms with Crippen LogP contribution < -0.4 is 5.32 Å². The van der Waals surface area contributed by atoms with Gasteiger partial charge < -0.3 is 5.32 Å². The zero-order valence-electron chi connectivity index (χ0n) is 10.5. The number of hydrogen-bond acceptors (Lipinski definition) is 2. The molecule has 1 atom stereocenters. The first-order valence-corrected chi connectivity index (χ1v) is 6.86. The molecule has 0 radical (unpaired) electrons. The lowest BCUT2D eigenvalue weighted by Crippen LogP contribution is -2.36. The van der Waals surface area contributed by atoms with Crippen molar-refractivity contribution in [2.75, 3.05) is 19.6 Å². The maximum absolute atomic E-state index is 6.03. The summed E-state index contributed by atoms with van der Waals surface area (Å²) >= 11 is 6.03. The molecule has 0 saturated carbocycles. The van der Waals surface area contributed by atoms with E-state index in [9.17, 15) is 0 Å². The second-order valence-electron chi connectivity index (χ2n) is 4.75. The Bertz CT molecular complexity index is 348. The Morgan fingerprint density at radius 2 is 2.35 bits per heavy atom. The van der Waals surface area contributed by atoms with Crippen molar-refractivity contribution in [2.24, 2.45) is 0 Å². The molecule has 1 aromatic rings. The fourth-order valence-corrected chi connectivity index (χ4v) is 2.71. The van der Waals surface area contributed by atoms with Crippen LogP contribution in [0.2, 0.25) is 5.02 Å². The first-order valence-electron chi connectivity index (χ1n) is 6.49. The average molecular weight is 253 g/mol. The zero-order valence-corrected chi connectivity index (χ0v) is 11.2. The summed E-state index contributed by atoms with van der Waals surface area (Å²) in [4.78, 5) is 2.58. The SMILES string of the molecule is CCCN(Cc1cccc(Cl)c1)C1CCNC1. The highest BCUT2D eigenvalue weighted by atomic mass is 35.5. The molecule has 17 heavy (non-hydrogen) atoms. The van der Waals surface area contributed by atoms with Crippen LogP contribution in [-0.4, -0.2) is 30.6 Å². The summed E-state index contributed by atoms with van der Waals surface area (Å²) in [6.45, 7) is 6.70. The van der Waals surface area contributed by atoms with Gasteiger partial charge in [0.05, 0.1) is 0 Å². The van der Waals surface area contributed by atoms with Crippen LogP contribution in [0.3, 0.4) is 0 Å². The van der Waals surface area contributed by atoms with Gasteiger partial charge in [-0.2, -0.15) is 0 Å². The number of benzene rings is 1. The van der Waals surface area contributed by atoms with E-state index in [4.69, 9.17) is 11.6 Å². The van der Waals surface area contributed by atoms with E-state index in [1.807, 2.05) is 12.1 Å². The Balaban J connectivity index is 2.01. The Labute approximate surface area is 109 Å². The van der Waals surface area contributed by atoms with Crippen LogP contribution in [0, 0.1) is 0 Å². The van der Waals surface area contributed by atoms with Crippen molar-refractivity contribution in [2.45, 2.75) is 32.4 Å². The molecule has 1 aromatic carbocycles. The molecule has 1 saturated heterocycles. The number of nitrogens with zero attached hydrogens (tertiary/aromatic N) is 1. The number of hydrogen-bond donors (Lipinski definition) is 1. The van der Waals surface area contributed by atoms with Gasteiger partial charge in [0.15, 0.2) is 0 Å². The summed E-state index contributed by atoms with van der Waals surface area (Å²) in [6.07, 6.45) is 2.47. The van der Waals surface area contributed by atoms with Crippen LogP contribution in [0.5, 0.6) is 0 Å². The van der Waals surface area contributed by atoms with E-state index in [-0.39, 0.29) is 0 Å². The molecule has 1 heterocycles. The first-order chi connectivity index (χ1) is 8.29. The van der Waals surface area contributed by atoms with Gasteiger partial charge in [0, 0.05) is 24.2 Å². The molecule has 0 aromatic heterocycles. The second-order valence-corrected chi connectivity index (χ2v) is 5.18. The molecule has 1 N–H and O–H groups in total. The van der Waals surface area contributed by atoms with E-state index in [0.29, 0.717) is 6.04 Å². The number of rotatable bonds is 5. The zero-order chi connectivity index (χ0) is 12.1. The van der Waals surface area contributed by atoms with Gasteiger partial charge >= 0.3 is 0 Å². The summed E-state index contributed by atoms with van der Waals surface area (Å²) in [5, 5.41) is 4.28. The second kappa shape index (κ2) is 6.39. The lowest BCUT2D eigenvalue weighted by molar-refractivity contribution is 0.199. The van der Waals surface area contributed by atoms with E-state index in [1.54, 1.807) is 0 Å². The van der Waals surface area contributed by atoms with Crippen LogP contribution in [0.1, 0.15) is 25.3 Å². The van der Waals surface area contributed by atoms with Crippen molar-refractivity contribution < 1.29 is 0 Å². The van der Waals surface area contributed by atoms with Crippen LogP contribution in [0.4, 0.5) is 0 Å². The van der Waals surface area contributed by atoms with Crippen molar-refractivity contribution in [3.8, 4) is 0 Å². The Hall–Kier alpha value is -0.570. The van der Waals surface area contributed by atoms with Gasteiger partial charge in [0.25, 0.3) is 0 Å². The van der Waals surface area contributed by atoms with Gasteiger partial charge in [-0.05, 0) is 43.6 Å². The van der Waals surface area contributed by atoms with Crippen LogP contribution in [0.25, 0.3) is 0 Å². The molecule has 1 unspecified atom stereocenters.